The lowest BCUT2D eigenvalue weighted by atomic mass is 10.0. The Bertz CT molecular complexity index is 1240. The molecule has 1 aliphatic rings. The highest BCUT2D eigenvalue weighted by molar-refractivity contribution is 5.84. The molecule has 1 atom stereocenters. The predicted molar refractivity (Wildman–Crippen MR) is 106 cm³/mol. The monoisotopic (exact) mass is 372 g/mol. The van der Waals surface area contributed by atoms with Crippen LogP contribution in [0.3, 0.4) is 0 Å². The number of nitrogens with one attached hydrogen (secondary N) is 1. The highest BCUT2D eigenvalue weighted by Crippen LogP contribution is 2.39. The fourth-order valence-electron chi connectivity index (χ4n) is 3.60. The molecule has 1 aromatic carbocycles. The van der Waals surface area contributed by atoms with E-state index in [0.717, 1.165) is 46.8 Å². The van der Waals surface area contributed by atoms with Crippen LogP contribution in [0, 0.1) is 6.92 Å². The molecule has 3 aromatic heterocycles. The number of hydrogen-bond acceptors (Lipinski definition) is 5. The van der Waals surface area contributed by atoms with E-state index in [2.05, 4.69) is 22.1 Å². The van der Waals surface area contributed by atoms with Gasteiger partial charge in [-0.05, 0) is 44.4 Å². The molecular weight excluding hydrogens is 352 g/mol. The van der Waals surface area contributed by atoms with Crippen LogP contribution >= 0.6 is 0 Å². The molecule has 0 unspecified atom stereocenters. The molecule has 28 heavy (non-hydrogen) atoms. The molecule has 7 nitrogen and oxygen atoms in total. The van der Waals surface area contributed by atoms with Crippen LogP contribution in [0.25, 0.3) is 16.5 Å². The number of benzene rings is 1. The lowest BCUT2D eigenvalue weighted by Crippen LogP contribution is -2.15. The van der Waals surface area contributed by atoms with Crippen LogP contribution in [-0.4, -0.2) is 29.9 Å². The van der Waals surface area contributed by atoms with Crippen molar-refractivity contribution < 1.29 is 0 Å². The zero-order valence-electron chi connectivity index (χ0n) is 15.8. The summed E-state index contributed by atoms with van der Waals surface area (Å²) in [6.45, 7) is 4.07. The lowest BCUT2D eigenvalue weighted by molar-refractivity contribution is 0.712. The molecule has 1 N–H and O–H groups in total. The normalized spacial score (nSPS) is 15.1. The molecule has 5 rings (SSSR count). The van der Waals surface area contributed by atoms with Crippen LogP contribution in [0.1, 0.15) is 54.5 Å². The molecule has 1 fully saturated rings. The Morgan fingerprint density at radius 1 is 1.18 bits per heavy atom. The van der Waals surface area contributed by atoms with E-state index in [1.165, 1.54) is 0 Å². The smallest absolute Gasteiger partial charge is 0.267 e. The summed E-state index contributed by atoms with van der Waals surface area (Å²) in [5.41, 5.74) is 2.60. The molecule has 1 saturated carbocycles. The fourth-order valence-corrected chi connectivity index (χ4v) is 3.60. The SMILES string of the molecule is Cc1cnccc1-n1nc(C2CC2)nc1[C@H](C)c1n[nH]c(=O)c2ccccc12. The number of hydrogen-bond donors (Lipinski definition) is 1. The van der Waals surface area contributed by atoms with Gasteiger partial charge in [0.2, 0.25) is 0 Å². The van der Waals surface area contributed by atoms with Crippen molar-refractivity contribution in [2.24, 2.45) is 0 Å². The third-order valence-corrected chi connectivity index (χ3v) is 5.33. The lowest BCUT2D eigenvalue weighted by Gasteiger charge is -2.15. The van der Waals surface area contributed by atoms with E-state index in [0.29, 0.717) is 11.3 Å². The van der Waals surface area contributed by atoms with Crippen molar-refractivity contribution in [3.05, 3.63) is 76.0 Å². The number of nitrogens with zero attached hydrogens (tertiary/aromatic N) is 5. The number of aryl methyl sites for hydroxylation is 1. The maximum atomic E-state index is 12.2. The summed E-state index contributed by atoms with van der Waals surface area (Å²) in [5.74, 6) is 2.00. The Balaban J connectivity index is 1.70. The van der Waals surface area contributed by atoms with Gasteiger partial charge in [-0.25, -0.2) is 14.8 Å². The van der Waals surface area contributed by atoms with Gasteiger partial charge < -0.3 is 0 Å². The summed E-state index contributed by atoms with van der Waals surface area (Å²) in [6.07, 6.45) is 5.86. The fraction of sp³-hybridized carbons (Fsp3) is 0.286. The number of aromatic amines is 1. The largest absolute Gasteiger partial charge is 0.272 e. The number of fused-ring (bicyclic) bond motifs is 1. The van der Waals surface area contributed by atoms with Gasteiger partial charge in [0, 0.05) is 23.7 Å². The van der Waals surface area contributed by atoms with Gasteiger partial charge in [-0.1, -0.05) is 18.2 Å². The summed E-state index contributed by atoms with van der Waals surface area (Å²) in [4.78, 5) is 21.3. The van der Waals surface area contributed by atoms with Crippen LogP contribution in [0.5, 0.6) is 0 Å². The van der Waals surface area contributed by atoms with Crippen LogP contribution in [0.2, 0.25) is 0 Å². The second-order valence-electron chi connectivity index (χ2n) is 7.38. The predicted octanol–water partition coefficient (Wildman–Crippen LogP) is 3.24. The summed E-state index contributed by atoms with van der Waals surface area (Å²) in [6, 6.07) is 9.49. The Morgan fingerprint density at radius 3 is 2.71 bits per heavy atom. The van der Waals surface area contributed by atoms with Crippen molar-refractivity contribution in [2.45, 2.75) is 38.5 Å². The number of aromatic nitrogens is 6. The average Bonchev–Trinajstić information content (AvgIpc) is 3.47. The van der Waals surface area contributed by atoms with Gasteiger partial charge in [0.15, 0.2) is 5.82 Å². The number of pyridine rings is 1. The Labute approximate surface area is 161 Å². The van der Waals surface area contributed by atoms with E-state index in [-0.39, 0.29) is 11.5 Å². The highest BCUT2D eigenvalue weighted by Gasteiger charge is 2.31. The zero-order valence-corrected chi connectivity index (χ0v) is 15.8. The second-order valence-corrected chi connectivity index (χ2v) is 7.38. The van der Waals surface area contributed by atoms with Gasteiger partial charge in [0.25, 0.3) is 5.56 Å². The average molecular weight is 372 g/mol. The molecule has 1 aliphatic carbocycles. The first-order valence-corrected chi connectivity index (χ1v) is 9.48. The van der Waals surface area contributed by atoms with Crippen molar-refractivity contribution in [1.29, 1.82) is 0 Å². The van der Waals surface area contributed by atoms with Gasteiger partial charge in [-0.2, -0.15) is 10.2 Å². The van der Waals surface area contributed by atoms with Crippen LogP contribution < -0.4 is 5.56 Å². The van der Waals surface area contributed by atoms with Gasteiger partial charge in [0.05, 0.1) is 22.7 Å². The number of H-pyrrole nitrogens is 1. The molecule has 0 amide bonds. The van der Waals surface area contributed by atoms with Crippen molar-refractivity contribution >= 4 is 10.8 Å². The van der Waals surface area contributed by atoms with Crippen LogP contribution in [0.4, 0.5) is 0 Å². The molecule has 0 spiro atoms. The minimum Gasteiger partial charge on any atom is -0.267 e. The summed E-state index contributed by atoms with van der Waals surface area (Å²) >= 11 is 0. The molecule has 140 valence electrons. The Hall–Kier alpha value is -3.35. The van der Waals surface area contributed by atoms with E-state index in [4.69, 9.17) is 10.1 Å². The minimum absolute atomic E-state index is 0.144. The highest BCUT2D eigenvalue weighted by atomic mass is 16.1. The Kier molecular flexibility index (Phi) is 3.82. The van der Waals surface area contributed by atoms with Gasteiger partial charge in [0.1, 0.15) is 5.82 Å². The molecule has 0 bridgehead atoms. The van der Waals surface area contributed by atoms with E-state index in [1.54, 1.807) is 6.20 Å². The van der Waals surface area contributed by atoms with Crippen molar-refractivity contribution in [3.8, 4) is 5.69 Å². The topological polar surface area (TPSA) is 89.3 Å². The molecule has 0 saturated heterocycles. The number of rotatable bonds is 4. The maximum absolute atomic E-state index is 12.2. The van der Waals surface area contributed by atoms with Gasteiger partial charge in [-0.15, -0.1) is 0 Å². The molecular formula is C21H20N6O. The first kappa shape index (κ1) is 16.8. The minimum atomic E-state index is -0.184. The van der Waals surface area contributed by atoms with Crippen molar-refractivity contribution in [3.63, 3.8) is 0 Å². The zero-order chi connectivity index (χ0) is 19.3. The first-order chi connectivity index (χ1) is 13.6. The molecule has 3 heterocycles. The third-order valence-electron chi connectivity index (χ3n) is 5.33. The Morgan fingerprint density at radius 2 is 1.96 bits per heavy atom. The third kappa shape index (κ3) is 2.70. The van der Waals surface area contributed by atoms with Gasteiger partial charge >= 0.3 is 0 Å². The first-order valence-electron chi connectivity index (χ1n) is 9.48. The van der Waals surface area contributed by atoms with Crippen molar-refractivity contribution in [2.75, 3.05) is 0 Å². The maximum Gasteiger partial charge on any atom is 0.272 e. The molecule has 0 aliphatic heterocycles. The molecule has 4 aromatic rings. The standard InChI is InChI=1S/C21H20N6O/c1-12-11-22-10-9-17(12)27-20(23-19(26-27)14-7-8-14)13(2)18-15-5-3-4-6-16(15)21(28)25-24-18/h3-6,9-11,13-14H,7-8H2,1-2H3,(H,25,28)/t13-/m1/s1. The molecule has 0 radical (unpaired) electrons. The quantitative estimate of drug-likeness (QED) is 0.594. The summed E-state index contributed by atoms with van der Waals surface area (Å²) in [5, 5.41) is 13.3. The summed E-state index contributed by atoms with van der Waals surface area (Å²) in [7, 11) is 0. The van der Waals surface area contributed by atoms with E-state index < -0.39 is 0 Å². The summed E-state index contributed by atoms with van der Waals surface area (Å²) < 4.78 is 1.91. The van der Waals surface area contributed by atoms with Gasteiger partial charge in [-0.3, -0.25) is 9.78 Å². The van der Waals surface area contributed by atoms with E-state index in [1.807, 2.05) is 48.1 Å². The van der Waals surface area contributed by atoms with Crippen LogP contribution in [-0.2, 0) is 0 Å². The van der Waals surface area contributed by atoms with E-state index >= 15 is 0 Å². The molecule has 7 heteroatoms. The van der Waals surface area contributed by atoms with E-state index in [9.17, 15) is 4.79 Å². The second kappa shape index (κ2) is 6.37. The van der Waals surface area contributed by atoms with Crippen LogP contribution in [0.15, 0.2) is 47.5 Å². The van der Waals surface area contributed by atoms with Crippen molar-refractivity contribution in [1.82, 2.24) is 29.9 Å².